The van der Waals surface area contributed by atoms with Gasteiger partial charge in [0, 0.05) is 17.1 Å². The van der Waals surface area contributed by atoms with Gasteiger partial charge in [-0.3, -0.25) is 4.79 Å². The molecule has 8 heteroatoms. The van der Waals surface area contributed by atoms with Crippen LogP contribution in [0.5, 0.6) is 0 Å². The fraction of sp³-hybridized carbons (Fsp3) is 0.429. The molecule has 1 aromatic rings. The second-order valence-corrected chi connectivity index (χ2v) is 5.91. The summed E-state index contributed by atoms with van der Waals surface area (Å²) in [5, 5.41) is 7.88. The number of anilines is 1. The van der Waals surface area contributed by atoms with Crippen molar-refractivity contribution in [2.45, 2.75) is 36.0 Å². The topological polar surface area (TPSA) is 70.2 Å². The normalized spacial score (nSPS) is 18.5. The van der Waals surface area contributed by atoms with Crippen LogP contribution in [0.15, 0.2) is 29.2 Å². The van der Waals surface area contributed by atoms with Crippen LogP contribution in [0.4, 0.5) is 19.3 Å². The number of amides is 3. The molecule has 1 saturated heterocycles. The molecule has 3 N–H and O–H groups in total. The lowest BCUT2D eigenvalue weighted by atomic mass is 10.1. The number of nitrogens with one attached hydrogen (secondary N) is 3. The molecule has 0 aromatic heterocycles. The molecule has 0 spiro atoms. The molecule has 1 aliphatic rings. The molecule has 1 unspecified atom stereocenters. The Hall–Kier alpha value is -1.83. The number of carbonyl (C=O) groups is 2. The first kappa shape index (κ1) is 16.5. The van der Waals surface area contributed by atoms with Gasteiger partial charge in [-0.25, -0.2) is 4.79 Å². The summed E-state index contributed by atoms with van der Waals surface area (Å²) < 4.78 is 24.6. The Balaban J connectivity index is 1.92. The Morgan fingerprint density at radius 2 is 2.18 bits per heavy atom. The van der Waals surface area contributed by atoms with E-state index in [9.17, 15) is 18.4 Å². The zero-order valence-electron chi connectivity index (χ0n) is 11.8. The zero-order valence-corrected chi connectivity index (χ0v) is 12.6. The van der Waals surface area contributed by atoms with Crippen LogP contribution in [0.25, 0.3) is 0 Å². The first-order chi connectivity index (χ1) is 10.5. The summed E-state index contributed by atoms with van der Waals surface area (Å²) in [4.78, 5) is 24.0. The van der Waals surface area contributed by atoms with Crippen LogP contribution in [-0.4, -0.2) is 30.3 Å². The monoisotopic (exact) mass is 329 g/mol. The van der Waals surface area contributed by atoms with Gasteiger partial charge in [-0.15, -0.1) is 0 Å². The van der Waals surface area contributed by atoms with E-state index in [4.69, 9.17) is 0 Å². The quantitative estimate of drug-likeness (QED) is 0.744. The summed E-state index contributed by atoms with van der Waals surface area (Å²) in [6, 6.07) is 5.09. The molecule has 2 rings (SSSR count). The highest BCUT2D eigenvalue weighted by atomic mass is 32.2. The van der Waals surface area contributed by atoms with Gasteiger partial charge in [-0.05, 0) is 37.5 Å². The van der Waals surface area contributed by atoms with Crippen LogP contribution >= 0.6 is 11.8 Å². The number of halogens is 2. The Morgan fingerprint density at radius 1 is 1.36 bits per heavy atom. The maximum atomic E-state index is 12.3. The van der Waals surface area contributed by atoms with Crippen molar-refractivity contribution in [2.24, 2.45) is 0 Å². The first-order valence-electron chi connectivity index (χ1n) is 6.95. The Bertz CT molecular complexity index is 543. The summed E-state index contributed by atoms with van der Waals surface area (Å²) in [6.07, 6.45) is 2.32. The average Bonchev–Trinajstić information content (AvgIpc) is 2.64. The molecule has 0 radical (unpaired) electrons. The summed E-state index contributed by atoms with van der Waals surface area (Å²) in [6.45, 7) is 0.617. The van der Waals surface area contributed by atoms with E-state index < -0.39 is 17.8 Å². The maximum Gasteiger partial charge on any atom is 0.319 e. The van der Waals surface area contributed by atoms with Gasteiger partial charge in [0.25, 0.3) is 5.76 Å². The fourth-order valence-corrected chi connectivity index (χ4v) is 2.71. The van der Waals surface area contributed by atoms with E-state index in [1.807, 2.05) is 0 Å². The van der Waals surface area contributed by atoms with Crippen LogP contribution in [-0.2, 0) is 4.79 Å². The summed E-state index contributed by atoms with van der Waals surface area (Å²) in [7, 11) is 0. The molecule has 0 aliphatic carbocycles. The van der Waals surface area contributed by atoms with Crippen molar-refractivity contribution in [3.05, 3.63) is 24.3 Å². The van der Waals surface area contributed by atoms with Crippen molar-refractivity contribution < 1.29 is 18.4 Å². The molecular weight excluding hydrogens is 312 g/mol. The van der Waals surface area contributed by atoms with E-state index >= 15 is 0 Å². The van der Waals surface area contributed by atoms with Gasteiger partial charge >= 0.3 is 6.03 Å². The van der Waals surface area contributed by atoms with Crippen molar-refractivity contribution in [1.29, 1.82) is 0 Å². The van der Waals surface area contributed by atoms with E-state index in [1.165, 1.54) is 6.07 Å². The number of benzene rings is 1. The molecule has 1 fully saturated rings. The van der Waals surface area contributed by atoms with E-state index in [2.05, 4.69) is 16.0 Å². The Labute approximate surface area is 131 Å². The van der Waals surface area contributed by atoms with E-state index in [-0.39, 0.29) is 5.91 Å². The van der Waals surface area contributed by atoms with Crippen molar-refractivity contribution in [3.63, 3.8) is 0 Å². The lowest BCUT2D eigenvalue weighted by Crippen LogP contribution is -2.47. The lowest BCUT2D eigenvalue weighted by Gasteiger charge is -2.16. The van der Waals surface area contributed by atoms with E-state index in [1.54, 1.807) is 18.2 Å². The van der Waals surface area contributed by atoms with Crippen molar-refractivity contribution >= 4 is 29.4 Å². The van der Waals surface area contributed by atoms with Crippen LogP contribution in [0.2, 0.25) is 0 Å². The van der Waals surface area contributed by atoms with Gasteiger partial charge in [0.1, 0.15) is 6.04 Å². The molecule has 1 aliphatic heterocycles. The lowest BCUT2D eigenvalue weighted by molar-refractivity contribution is -0.122. The summed E-state index contributed by atoms with van der Waals surface area (Å²) in [5.74, 6) is -2.71. The molecule has 1 heterocycles. The highest BCUT2D eigenvalue weighted by Gasteiger charge is 2.22. The molecule has 1 atom stereocenters. The summed E-state index contributed by atoms with van der Waals surface area (Å²) in [5.41, 5.74) is 0.400. The first-order valence-corrected chi connectivity index (χ1v) is 7.82. The largest absolute Gasteiger partial charge is 0.354 e. The second kappa shape index (κ2) is 7.98. The smallest absolute Gasteiger partial charge is 0.319 e. The molecule has 3 amide bonds. The minimum Gasteiger partial charge on any atom is -0.354 e. The third kappa shape index (κ3) is 5.18. The predicted molar refractivity (Wildman–Crippen MR) is 81.1 cm³/mol. The van der Waals surface area contributed by atoms with E-state index in [0.29, 0.717) is 35.3 Å². The molecule has 0 saturated carbocycles. The van der Waals surface area contributed by atoms with Crippen LogP contribution in [0.1, 0.15) is 19.3 Å². The molecule has 1 aromatic carbocycles. The second-order valence-electron chi connectivity index (χ2n) is 4.84. The summed E-state index contributed by atoms with van der Waals surface area (Å²) >= 11 is 0.409. The molecule has 0 bridgehead atoms. The number of carbonyl (C=O) groups excluding carboxylic acids is 2. The third-order valence-corrected chi connectivity index (χ3v) is 3.86. The minimum absolute atomic E-state index is 0.199. The number of rotatable bonds is 4. The average molecular weight is 329 g/mol. The van der Waals surface area contributed by atoms with Crippen molar-refractivity contribution in [1.82, 2.24) is 10.6 Å². The Kier molecular flexibility index (Phi) is 6.00. The standard InChI is InChI=1S/C14H17F2N3O2S/c15-13(16)22-10-5-3-4-9(8-10)18-14(21)19-11-6-1-2-7-17-12(11)20/h3-5,8,11,13H,1-2,6-7H2,(H,17,20)(H2,18,19,21). The number of urea groups is 1. The Morgan fingerprint density at radius 3 is 2.95 bits per heavy atom. The van der Waals surface area contributed by atoms with Gasteiger partial charge in [0.15, 0.2) is 0 Å². The number of hydrogen-bond acceptors (Lipinski definition) is 3. The van der Waals surface area contributed by atoms with Crippen molar-refractivity contribution in [2.75, 3.05) is 11.9 Å². The van der Waals surface area contributed by atoms with Crippen molar-refractivity contribution in [3.8, 4) is 0 Å². The molecule has 22 heavy (non-hydrogen) atoms. The van der Waals surface area contributed by atoms with Crippen LogP contribution in [0.3, 0.4) is 0 Å². The van der Waals surface area contributed by atoms with Gasteiger partial charge in [-0.2, -0.15) is 8.78 Å². The third-order valence-electron chi connectivity index (χ3n) is 3.16. The highest BCUT2D eigenvalue weighted by Crippen LogP contribution is 2.27. The number of hydrogen-bond donors (Lipinski definition) is 3. The van der Waals surface area contributed by atoms with Gasteiger partial charge in [0.05, 0.1) is 0 Å². The van der Waals surface area contributed by atoms with Crippen LogP contribution < -0.4 is 16.0 Å². The van der Waals surface area contributed by atoms with Gasteiger partial charge < -0.3 is 16.0 Å². The zero-order chi connectivity index (χ0) is 15.9. The van der Waals surface area contributed by atoms with Gasteiger partial charge in [-0.1, -0.05) is 17.8 Å². The van der Waals surface area contributed by atoms with E-state index in [0.717, 1.165) is 12.8 Å². The maximum absolute atomic E-state index is 12.3. The van der Waals surface area contributed by atoms with Gasteiger partial charge in [0.2, 0.25) is 5.91 Å². The minimum atomic E-state index is -2.52. The van der Waals surface area contributed by atoms with Crippen LogP contribution in [0, 0.1) is 0 Å². The molecule has 5 nitrogen and oxygen atoms in total. The predicted octanol–water partition coefficient (Wildman–Crippen LogP) is 2.79. The highest BCUT2D eigenvalue weighted by molar-refractivity contribution is 7.99. The fourth-order valence-electron chi connectivity index (χ4n) is 2.15. The number of thioether (sulfide) groups is 1. The number of alkyl halides is 2. The molecular formula is C14H17F2N3O2S. The molecule has 120 valence electrons. The SMILES string of the molecule is O=C(Nc1cccc(SC(F)F)c1)NC1CCCCNC1=O.